The van der Waals surface area contributed by atoms with Gasteiger partial charge in [0.1, 0.15) is 0 Å². The normalized spacial score (nSPS) is 25.6. The monoisotopic (exact) mass is 421 g/mol. The van der Waals surface area contributed by atoms with E-state index in [1.807, 2.05) is 19.9 Å². The molecule has 2 fully saturated rings. The summed E-state index contributed by atoms with van der Waals surface area (Å²) in [5.74, 6) is -1.02. The fraction of sp³-hybridized carbons (Fsp3) is 0.778. The molecular weight excluding hydrogens is 390 g/mol. The number of likely N-dealkylation sites (tertiary alicyclic amines) is 1. The molecule has 156 valence electrons. The Bertz CT molecular complexity index is 676. The molecule has 0 N–H and O–H groups in total. The van der Waals surface area contributed by atoms with Crippen molar-refractivity contribution in [1.29, 1.82) is 0 Å². The Kier molecular flexibility index (Phi) is 8.31. The van der Waals surface area contributed by atoms with E-state index in [1.165, 1.54) is 0 Å². The van der Waals surface area contributed by atoms with Crippen LogP contribution in [0, 0.1) is 11.8 Å². The molecule has 9 heteroatoms. The van der Waals surface area contributed by atoms with Gasteiger partial charge in [-0.05, 0) is 25.4 Å². The number of halogens is 1. The number of carbonyl (C=O) groups is 2. The summed E-state index contributed by atoms with van der Waals surface area (Å²) in [6.45, 7) is 11.0. The molecule has 2 aliphatic heterocycles. The van der Waals surface area contributed by atoms with Crippen LogP contribution in [-0.2, 0) is 19.6 Å². The van der Waals surface area contributed by atoms with Gasteiger partial charge in [-0.1, -0.05) is 33.8 Å². The van der Waals surface area contributed by atoms with Crippen molar-refractivity contribution in [1.82, 2.24) is 14.1 Å². The Balaban J connectivity index is 0.00000364. The van der Waals surface area contributed by atoms with Crippen LogP contribution in [0.4, 0.5) is 0 Å². The summed E-state index contributed by atoms with van der Waals surface area (Å²) < 4.78 is 25.3. The van der Waals surface area contributed by atoms with Crippen molar-refractivity contribution in [3.05, 3.63) is 12.2 Å². The van der Waals surface area contributed by atoms with E-state index in [4.69, 9.17) is 0 Å². The number of rotatable bonds is 7. The van der Waals surface area contributed by atoms with Gasteiger partial charge in [-0.25, -0.2) is 12.7 Å². The van der Waals surface area contributed by atoms with Crippen LogP contribution >= 0.6 is 12.4 Å². The molecular formula is C18H32ClN3O4S. The number of hydrogen-bond acceptors (Lipinski definition) is 5. The van der Waals surface area contributed by atoms with Crippen LogP contribution < -0.4 is 0 Å². The average molecular weight is 422 g/mol. The molecule has 0 aliphatic carbocycles. The minimum atomic E-state index is -3.64. The van der Waals surface area contributed by atoms with Gasteiger partial charge < -0.3 is 9.80 Å². The minimum absolute atomic E-state index is 0. The summed E-state index contributed by atoms with van der Waals surface area (Å²) in [5.41, 5.74) is 0. The second-order valence-corrected chi connectivity index (χ2v) is 9.29. The first-order valence-corrected chi connectivity index (χ1v) is 11.2. The summed E-state index contributed by atoms with van der Waals surface area (Å²) in [6.07, 6.45) is 4.98. The van der Waals surface area contributed by atoms with Crippen LogP contribution in [0.2, 0.25) is 0 Å². The van der Waals surface area contributed by atoms with Gasteiger partial charge in [0.15, 0.2) is 0 Å². The number of fused-ring (bicyclic) bond motifs is 1. The lowest BCUT2D eigenvalue weighted by Crippen LogP contribution is -2.43. The van der Waals surface area contributed by atoms with E-state index in [0.717, 1.165) is 23.7 Å². The van der Waals surface area contributed by atoms with Crippen LogP contribution in [0.15, 0.2) is 12.2 Å². The van der Waals surface area contributed by atoms with Crippen molar-refractivity contribution in [2.75, 3.05) is 32.4 Å². The van der Waals surface area contributed by atoms with E-state index in [9.17, 15) is 18.0 Å². The molecule has 0 aromatic heterocycles. The summed E-state index contributed by atoms with van der Waals surface area (Å²) in [4.78, 5) is 29.3. The maximum atomic E-state index is 12.7. The number of likely N-dealkylation sites (N-methyl/N-ethyl adjacent to an activating group) is 1. The standard InChI is InChI=1S/C18H31N3O4S.ClH/c1-6-19(7-2)11-8-9-15(22)20-12-10-14-17(20)16(13(3)4)18(23)21(14)26(5,24)25;/h8-9,13-14,16-17H,6-7,10-12H2,1-5H3;1H/b9-8+;/t14-,16+,17-;/m0./s1. The van der Waals surface area contributed by atoms with Crippen LogP contribution in [-0.4, -0.2) is 78.9 Å². The fourth-order valence-electron chi connectivity index (χ4n) is 4.17. The molecule has 0 aromatic rings. The van der Waals surface area contributed by atoms with Gasteiger partial charge in [0.05, 0.1) is 24.3 Å². The number of hydrogen-bond donors (Lipinski definition) is 0. The second kappa shape index (κ2) is 9.39. The molecule has 2 aliphatic rings. The molecule has 2 rings (SSSR count). The Hall–Kier alpha value is -1.12. The molecule has 27 heavy (non-hydrogen) atoms. The van der Waals surface area contributed by atoms with E-state index in [0.29, 0.717) is 19.5 Å². The van der Waals surface area contributed by atoms with E-state index in [2.05, 4.69) is 18.7 Å². The van der Waals surface area contributed by atoms with Gasteiger partial charge in [-0.3, -0.25) is 9.59 Å². The summed E-state index contributed by atoms with van der Waals surface area (Å²) >= 11 is 0. The molecule has 0 aromatic carbocycles. The highest BCUT2D eigenvalue weighted by Gasteiger charge is 2.58. The number of sulfonamides is 1. The van der Waals surface area contributed by atoms with Crippen molar-refractivity contribution >= 4 is 34.2 Å². The summed E-state index contributed by atoms with van der Waals surface area (Å²) in [5, 5.41) is 0. The predicted molar refractivity (Wildman–Crippen MR) is 108 cm³/mol. The topological polar surface area (TPSA) is 78.0 Å². The summed E-state index contributed by atoms with van der Waals surface area (Å²) in [7, 11) is -3.64. The highest BCUT2D eigenvalue weighted by molar-refractivity contribution is 7.88. The van der Waals surface area contributed by atoms with E-state index >= 15 is 0 Å². The number of amides is 2. The summed E-state index contributed by atoms with van der Waals surface area (Å²) in [6, 6.07) is -0.812. The Morgan fingerprint density at radius 3 is 2.37 bits per heavy atom. The van der Waals surface area contributed by atoms with Crippen LogP contribution in [0.5, 0.6) is 0 Å². The van der Waals surface area contributed by atoms with Crippen molar-refractivity contribution in [2.24, 2.45) is 11.8 Å². The van der Waals surface area contributed by atoms with Gasteiger partial charge in [0.2, 0.25) is 21.8 Å². The predicted octanol–water partition coefficient (Wildman–Crippen LogP) is 1.35. The quantitative estimate of drug-likeness (QED) is 0.580. The second-order valence-electron chi connectivity index (χ2n) is 7.43. The number of nitrogens with zero attached hydrogens (tertiary/aromatic N) is 3. The van der Waals surface area contributed by atoms with Crippen molar-refractivity contribution in [3.63, 3.8) is 0 Å². The number of carbonyl (C=O) groups excluding carboxylic acids is 2. The molecule has 0 radical (unpaired) electrons. The smallest absolute Gasteiger partial charge is 0.246 e. The SMILES string of the molecule is CCN(CC)C/C=C/C(=O)N1CC[C@H]2[C@H]1[C@@H](C(C)C)C(=O)N2S(C)(=O)=O.Cl. The first kappa shape index (κ1) is 23.9. The highest BCUT2D eigenvalue weighted by Crippen LogP contribution is 2.41. The first-order chi connectivity index (χ1) is 12.1. The molecule has 2 saturated heterocycles. The van der Waals surface area contributed by atoms with Crippen molar-refractivity contribution in [2.45, 2.75) is 46.2 Å². The van der Waals surface area contributed by atoms with Crippen LogP contribution in [0.1, 0.15) is 34.1 Å². The third-order valence-corrected chi connectivity index (χ3v) is 6.63. The molecule has 7 nitrogen and oxygen atoms in total. The third-order valence-electron chi connectivity index (χ3n) is 5.47. The van der Waals surface area contributed by atoms with Crippen molar-refractivity contribution in [3.8, 4) is 0 Å². The van der Waals surface area contributed by atoms with Gasteiger partial charge in [-0.2, -0.15) is 0 Å². The van der Waals surface area contributed by atoms with E-state index in [-0.39, 0.29) is 36.2 Å². The zero-order chi connectivity index (χ0) is 19.6. The maximum Gasteiger partial charge on any atom is 0.246 e. The van der Waals surface area contributed by atoms with E-state index in [1.54, 1.807) is 11.0 Å². The van der Waals surface area contributed by atoms with Gasteiger partial charge in [-0.15, -0.1) is 12.4 Å². The fourth-order valence-corrected chi connectivity index (χ4v) is 5.34. The molecule has 2 heterocycles. The Labute approximate surface area is 169 Å². The highest BCUT2D eigenvalue weighted by atomic mass is 35.5. The largest absolute Gasteiger partial charge is 0.333 e. The molecule has 3 atom stereocenters. The molecule has 0 unspecified atom stereocenters. The first-order valence-electron chi connectivity index (χ1n) is 9.36. The average Bonchev–Trinajstić information content (AvgIpc) is 3.06. The van der Waals surface area contributed by atoms with Gasteiger partial charge in [0, 0.05) is 19.2 Å². The van der Waals surface area contributed by atoms with Gasteiger partial charge >= 0.3 is 0 Å². The Morgan fingerprint density at radius 2 is 1.89 bits per heavy atom. The molecule has 0 saturated carbocycles. The van der Waals surface area contributed by atoms with Crippen LogP contribution in [0.25, 0.3) is 0 Å². The van der Waals surface area contributed by atoms with Crippen molar-refractivity contribution < 1.29 is 18.0 Å². The molecule has 0 spiro atoms. The lowest BCUT2D eigenvalue weighted by Gasteiger charge is -2.28. The molecule has 0 bridgehead atoms. The van der Waals surface area contributed by atoms with Crippen LogP contribution in [0.3, 0.4) is 0 Å². The van der Waals surface area contributed by atoms with Gasteiger partial charge in [0.25, 0.3) is 0 Å². The lowest BCUT2D eigenvalue weighted by atomic mass is 9.88. The zero-order valence-corrected chi connectivity index (χ0v) is 18.4. The third kappa shape index (κ3) is 4.84. The van der Waals surface area contributed by atoms with E-state index < -0.39 is 22.0 Å². The molecule has 2 amide bonds. The minimum Gasteiger partial charge on any atom is -0.333 e. The Morgan fingerprint density at radius 1 is 1.30 bits per heavy atom. The zero-order valence-electron chi connectivity index (χ0n) is 16.8. The maximum absolute atomic E-state index is 12.7. The lowest BCUT2D eigenvalue weighted by molar-refractivity contribution is -0.131.